The summed E-state index contributed by atoms with van der Waals surface area (Å²) < 4.78 is 3.69. The summed E-state index contributed by atoms with van der Waals surface area (Å²) in [5.74, 6) is 0.857. The van der Waals surface area contributed by atoms with Crippen molar-refractivity contribution in [3.8, 4) is 0 Å². The van der Waals surface area contributed by atoms with Gasteiger partial charge in [0.25, 0.3) is 5.56 Å². The molecule has 0 bridgehead atoms. The highest BCUT2D eigenvalue weighted by Gasteiger charge is 2.23. The number of pyridine rings is 1. The molecule has 0 radical (unpaired) electrons. The van der Waals surface area contributed by atoms with Crippen LogP contribution in [0.2, 0.25) is 0 Å². The standard InChI is InChI=1S/C18H25N5O2S/c1-26-18-21-20-15(23(18)14-7-2-3-8-14)9-6-11-19-16(24)13-22-12-5-4-10-17(22)25/h4-5,10,12,14H,2-3,6-9,11,13H2,1H3,(H,19,24). The number of hydrogen-bond acceptors (Lipinski definition) is 5. The third-order valence-electron chi connectivity index (χ3n) is 4.72. The molecule has 1 saturated carbocycles. The van der Waals surface area contributed by atoms with Gasteiger partial charge in [-0.2, -0.15) is 0 Å². The van der Waals surface area contributed by atoms with Gasteiger partial charge in [-0.15, -0.1) is 10.2 Å². The second kappa shape index (κ2) is 9.02. The first-order chi connectivity index (χ1) is 12.7. The lowest BCUT2D eigenvalue weighted by Crippen LogP contribution is -2.32. The van der Waals surface area contributed by atoms with Gasteiger partial charge in [-0.1, -0.05) is 30.7 Å². The van der Waals surface area contributed by atoms with Crippen LogP contribution in [0.3, 0.4) is 0 Å². The molecular weight excluding hydrogens is 350 g/mol. The summed E-state index contributed by atoms with van der Waals surface area (Å²) in [7, 11) is 0. The van der Waals surface area contributed by atoms with Crippen LogP contribution in [0.1, 0.15) is 44.0 Å². The maximum absolute atomic E-state index is 12.0. The lowest BCUT2D eigenvalue weighted by atomic mass is 10.2. The van der Waals surface area contributed by atoms with E-state index in [1.165, 1.54) is 36.3 Å². The zero-order chi connectivity index (χ0) is 18.4. The van der Waals surface area contributed by atoms with Crippen LogP contribution in [0.25, 0.3) is 0 Å². The van der Waals surface area contributed by atoms with E-state index in [9.17, 15) is 9.59 Å². The van der Waals surface area contributed by atoms with Crippen molar-refractivity contribution in [3.05, 3.63) is 40.6 Å². The van der Waals surface area contributed by atoms with Gasteiger partial charge in [0.15, 0.2) is 5.16 Å². The number of thioether (sulfide) groups is 1. The molecule has 0 aliphatic heterocycles. The fourth-order valence-electron chi connectivity index (χ4n) is 3.42. The molecule has 0 unspecified atom stereocenters. The summed E-state index contributed by atoms with van der Waals surface area (Å²) in [6.07, 6.45) is 10.2. The van der Waals surface area contributed by atoms with E-state index in [0.29, 0.717) is 12.6 Å². The quantitative estimate of drug-likeness (QED) is 0.564. The molecule has 1 amide bonds. The number of rotatable bonds is 8. The highest BCUT2D eigenvalue weighted by Crippen LogP contribution is 2.33. The minimum atomic E-state index is -0.170. The molecule has 140 valence electrons. The van der Waals surface area contributed by atoms with Crippen molar-refractivity contribution in [1.82, 2.24) is 24.6 Å². The highest BCUT2D eigenvalue weighted by atomic mass is 32.2. The predicted octanol–water partition coefficient (Wildman–Crippen LogP) is 2.03. The fourth-order valence-corrected chi connectivity index (χ4v) is 4.00. The van der Waals surface area contributed by atoms with E-state index in [2.05, 4.69) is 20.1 Å². The van der Waals surface area contributed by atoms with Gasteiger partial charge >= 0.3 is 0 Å². The van der Waals surface area contributed by atoms with Crippen LogP contribution in [0.5, 0.6) is 0 Å². The lowest BCUT2D eigenvalue weighted by molar-refractivity contribution is -0.121. The monoisotopic (exact) mass is 375 g/mol. The highest BCUT2D eigenvalue weighted by molar-refractivity contribution is 7.98. The van der Waals surface area contributed by atoms with E-state index in [0.717, 1.165) is 23.8 Å². The summed E-state index contributed by atoms with van der Waals surface area (Å²) in [6, 6.07) is 5.38. The van der Waals surface area contributed by atoms with E-state index in [4.69, 9.17) is 0 Å². The summed E-state index contributed by atoms with van der Waals surface area (Å²) >= 11 is 1.64. The molecule has 0 spiro atoms. The number of carbonyl (C=O) groups is 1. The number of hydrogen-bond donors (Lipinski definition) is 1. The second-order valence-corrected chi connectivity index (χ2v) is 7.30. The average molecular weight is 375 g/mol. The van der Waals surface area contributed by atoms with Crippen LogP contribution in [0.4, 0.5) is 0 Å². The average Bonchev–Trinajstić information content (AvgIpc) is 3.29. The molecule has 2 aromatic heterocycles. The smallest absolute Gasteiger partial charge is 0.250 e. The molecule has 1 fully saturated rings. The second-order valence-electron chi connectivity index (χ2n) is 6.53. The van der Waals surface area contributed by atoms with Crippen molar-refractivity contribution in [2.45, 2.75) is 56.3 Å². The number of aryl methyl sites for hydroxylation is 1. The molecule has 1 aliphatic rings. The van der Waals surface area contributed by atoms with E-state index in [-0.39, 0.29) is 18.0 Å². The minimum Gasteiger partial charge on any atom is -0.355 e. The number of nitrogens with zero attached hydrogens (tertiary/aromatic N) is 4. The maximum Gasteiger partial charge on any atom is 0.250 e. The third kappa shape index (κ3) is 4.55. The van der Waals surface area contributed by atoms with Gasteiger partial charge in [-0.05, 0) is 31.6 Å². The topological polar surface area (TPSA) is 81.8 Å². The molecular formula is C18H25N5O2S. The Bertz CT molecular complexity index is 795. The Labute approximate surface area is 157 Å². The Kier molecular flexibility index (Phi) is 6.49. The molecule has 0 atom stereocenters. The van der Waals surface area contributed by atoms with Gasteiger partial charge in [0.2, 0.25) is 5.91 Å². The van der Waals surface area contributed by atoms with Gasteiger partial charge in [0.05, 0.1) is 0 Å². The van der Waals surface area contributed by atoms with E-state index in [1.54, 1.807) is 30.1 Å². The fraction of sp³-hybridized carbons (Fsp3) is 0.556. The van der Waals surface area contributed by atoms with Crippen molar-refractivity contribution in [3.63, 3.8) is 0 Å². The number of aromatic nitrogens is 4. The van der Waals surface area contributed by atoms with Crippen LogP contribution in [0.15, 0.2) is 34.3 Å². The molecule has 0 saturated heterocycles. The van der Waals surface area contributed by atoms with Crippen LogP contribution in [-0.4, -0.2) is 38.0 Å². The Morgan fingerprint density at radius 1 is 1.31 bits per heavy atom. The van der Waals surface area contributed by atoms with E-state index < -0.39 is 0 Å². The summed E-state index contributed by atoms with van der Waals surface area (Å²) in [4.78, 5) is 23.6. The molecule has 2 heterocycles. The molecule has 8 heteroatoms. The van der Waals surface area contributed by atoms with Crippen molar-refractivity contribution >= 4 is 17.7 Å². The number of nitrogens with one attached hydrogen (secondary N) is 1. The zero-order valence-corrected chi connectivity index (χ0v) is 15.9. The lowest BCUT2D eigenvalue weighted by Gasteiger charge is -2.16. The van der Waals surface area contributed by atoms with Gasteiger partial charge in [-0.25, -0.2) is 0 Å². The van der Waals surface area contributed by atoms with Crippen molar-refractivity contribution in [2.75, 3.05) is 12.8 Å². The van der Waals surface area contributed by atoms with Crippen molar-refractivity contribution in [1.29, 1.82) is 0 Å². The van der Waals surface area contributed by atoms with Crippen LogP contribution < -0.4 is 10.9 Å². The predicted molar refractivity (Wildman–Crippen MR) is 101 cm³/mol. The van der Waals surface area contributed by atoms with E-state index in [1.807, 2.05) is 6.26 Å². The molecule has 26 heavy (non-hydrogen) atoms. The SMILES string of the molecule is CSc1nnc(CCCNC(=O)Cn2ccccc2=O)n1C1CCCC1. The first-order valence-corrected chi connectivity index (χ1v) is 10.3. The van der Waals surface area contributed by atoms with Gasteiger partial charge in [0.1, 0.15) is 12.4 Å². The molecule has 0 aromatic carbocycles. The van der Waals surface area contributed by atoms with Gasteiger partial charge in [0, 0.05) is 31.3 Å². The summed E-state index contributed by atoms with van der Waals surface area (Å²) in [5, 5.41) is 12.5. The maximum atomic E-state index is 12.0. The Morgan fingerprint density at radius 2 is 2.12 bits per heavy atom. The van der Waals surface area contributed by atoms with Crippen LogP contribution in [-0.2, 0) is 17.8 Å². The van der Waals surface area contributed by atoms with Crippen LogP contribution in [0, 0.1) is 0 Å². The van der Waals surface area contributed by atoms with Crippen LogP contribution >= 0.6 is 11.8 Å². The number of amides is 1. The van der Waals surface area contributed by atoms with Gasteiger partial charge < -0.3 is 14.5 Å². The molecule has 2 aromatic rings. The summed E-state index contributed by atoms with van der Waals surface area (Å²) in [6.45, 7) is 0.612. The van der Waals surface area contributed by atoms with Gasteiger partial charge in [-0.3, -0.25) is 9.59 Å². The summed E-state index contributed by atoms with van der Waals surface area (Å²) in [5.41, 5.74) is -0.170. The first kappa shape index (κ1) is 18.7. The molecule has 1 aliphatic carbocycles. The Balaban J connectivity index is 1.49. The largest absolute Gasteiger partial charge is 0.355 e. The third-order valence-corrected chi connectivity index (χ3v) is 5.36. The minimum absolute atomic E-state index is 0.0502. The van der Waals surface area contributed by atoms with Crippen molar-refractivity contribution < 1.29 is 4.79 Å². The first-order valence-electron chi connectivity index (χ1n) is 9.09. The Morgan fingerprint density at radius 3 is 2.85 bits per heavy atom. The number of carbonyl (C=O) groups excluding carboxylic acids is 1. The molecule has 3 rings (SSSR count). The van der Waals surface area contributed by atoms with Crippen molar-refractivity contribution in [2.24, 2.45) is 0 Å². The Hall–Kier alpha value is -2.09. The molecule has 7 nitrogen and oxygen atoms in total. The normalized spacial score (nSPS) is 14.7. The van der Waals surface area contributed by atoms with E-state index >= 15 is 0 Å². The molecule has 1 N–H and O–H groups in total. The zero-order valence-electron chi connectivity index (χ0n) is 15.1.